The molecule has 0 aromatic heterocycles. The molecule has 0 bridgehead atoms. The maximum Gasteiger partial charge on any atom is 0.230 e. The van der Waals surface area contributed by atoms with Gasteiger partial charge in [-0.1, -0.05) is 25.0 Å². The second-order valence-electron chi connectivity index (χ2n) is 7.20. The van der Waals surface area contributed by atoms with Gasteiger partial charge in [-0.25, -0.2) is 0 Å². The summed E-state index contributed by atoms with van der Waals surface area (Å²) in [7, 11) is 1.67. The van der Waals surface area contributed by atoms with Gasteiger partial charge in [-0.15, -0.1) is 0 Å². The van der Waals surface area contributed by atoms with Crippen LogP contribution in [0.2, 0.25) is 0 Å². The smallest absolute Gasteiger partial charge is 0.230 e. The molecule has 3 fully saturated rings. The highest BCUT2D eigenvalue weighted by atomic mass is 16.5. The van der Waals surface area contributed by atoms with Gasteiger partial charge in [0, 0.05) is 18.6 Å². The normalized spacial score (nSPS) is 31.3. The Morgan fingerprint density at radius 3 is 2.65 bits per heavy atom. The van der Waals surface area contributed by atoms with Gasteiger partial charge >= 0.3 is 0 Å². The maximum absolute atomic E-state index is 13.1. The molecule has 1 N–H and O–H groups in total. The minimum absolute atomic E-state index is 0.218. The first-order valence-electron chi connectivity index (χ1n) is 8.80. The number of amides is 1. The van der Waals surface area contributed by atoms with E-state index in [1.807, 2.05) is 12.1 Å². The van der Waals surface area contributed by atoms with Crippen LogP contribution in [0.25, 0.3) is 0 Å². The van der Waals surface area contributed by atoms with Gasteiger partial charge in [0.05, 0.1) is 18.6 Å². The van der Waals surface area contributed by atoms with Crippen molar-refractivity contribution in [3.63, 3.8) is 0 Å². The van der Waals surface area contributed by atoms with E-state index >= 15 is 0 Å². The van der Waals surface area contributed by atoms with Gasteiger partial charge in [0.15, 0.2) is 0 Å². The first kappa shape index (κ1) is 15.0. The van der Waals surface area contributed by atoms with Crippen LogP contribution in [0.15, 0.2) is 24.3 Å². The molecule has 0 unspecified atom stereocenters. The molecular formula is C19H25NO3. The Hall–Kier alpha value is -1.55. The van der Waals surface area contributed by atoms with Gasteiger partial charge < -0.3 is 14.8 Å². The largest absolute Gasteiger partial charge is 0.497 e. The van der Waals surface area contributed by atoms with Crippen LogP contribution in [-0.2, 0) is 14.9 Å². The monoisotopic (exact) mass is 315 g/mol. The van der Waals surface area contributed by atoms with Crippen molar-refractivity contribution in [3.05, 3.63) is 29.8 Å². The highest BCUT2D eigenvalue weighted by Gasteiger charge is 2.49. The number of carbonyl (C=O) groups excluding carboxylic acids is 1. The number of hydrogen-bond acceptors (Lipinski definition) is 3. The van der Waals surface area contributed by atoms with Crippen LogP contribution in [-0.4, -0.2) is 31.8 Å². The molecule has 1 amide bonds. The average molecular weight is 315 g/mol. The number of rotatable bonds is 4. The summed E-state index contributed by atoms with van der Waals surface area (Å²) in [5.41, 5.74) is 0.781. The summed E-state index contributed by atoms with van der Waals surface area (Å²) in [6.07, 6.45) is 6.60. The second-order valence-corrected chi connectivity index (χ2v) is 7.20. The van der Waals surface area contributed by atoms with Crippen LogP contribution in [0.4, 0.5) is 0 Å². The van der Waals surface area contributed by atoms with Crippen molar-refractivity contribution in [1.82, 2.24) is 5.32 Å². The standard InChI is InChI=1S/C19H25NO3/c1-22-14-6-4-13(5-7-14)19(9-2-3-10-19)18(21)20-16-12-17-15(16)8-11-23-17/h4-7,15-17H,2-3,8-12H2,1H3,(H,20,21)/t15-,16-,17+/m1/s1. The second kappa shape index (κ2) is 5.82. The summed E-state index contributed by atoms with van der Waals surface area (Å²) in [6, 6.07) is 8.36. The van der Waals surface area contributed by atoms with E-state index in [1.165, 1.54) is 0 Å². The topological polar surface area (TPSA) is 47.6 Å². The van der Waals surface area contributed by atoms with E-state index in [0.29, 0.717) is 18.1 Å². The first-order chi connectivity index (χ1) is 11.2. The predicted molar refractivity (Wildman–Crippen MR) is 87.5 cm³/mol. The van der Waals surface area contributed by atoms with Crippen molar-refractivity contribution < 1.29 is 14.3 Å². The molecule has 3 atom stereocenters. The van der Waals surface area contributed by atoms with Crippen molar-refractivity contribution in [1.29, 1.82) is 0 Å². The van der Waals surface area contributed by atoms with Gasteiger partial charge in [0.25, 0.3) is 0 Å². The van der Waals surface area contributed by atoms with E-state index < -0.39 is 0 Å². The minimum atomic E-state index is -0.350. The van der Waals surface area contributed by atoms with Crippen LogP contribution in [0, 0.1) is 5.92 Å². The molecular weight excluding hydrogens is 290 g/mol. The Kier molecular flexibility index (Phi) is 3.80. The van der Waals surface area contributed by atoms with Gasteiger partial charge in [0.1, 0.15) is 5.75 Å². The van der Waals surface area contributed by atoms with Gasteiger partial charge in [-0.2, -0.15) is 0 Å². The molecule has 1 aliphatic heterocycles. The number of nitrogens with one attached hydrogen (secondary N) is 1. The summed E-state index contributed by atoms with van der Waals surface area (Å²) in [5.74, 6) is 1.59. The third kappa shape index (κ3) is 2.44. The predicted octanol–water partition coefficient (Wildman–Crippen LogP) is 2.80. The van der Waals surface area contributed by atoms with Crippen molar-refractivity contribution in [3.8, 4) is 5.75 Å². The third-order valence-corrected chi connectivity index (χ3v) is 6.11. The molecule has 1 saturated heterocycles. The van der Waals surface area contributed by atoms with E-state index in [4.69, 9.17) is 9.47 Å². The van der Waals surface area contributed by atoms with Crippen molar-refractivity contribution in [2.45, 2.75) is 56.1 Å². The van der Waals surface area contributed by atoms with Crippen molar-refractivity contribution >= 4 is 5.91 Å². The van der Waals surface area contributed by atoms with Crippen LogP contribution >= 0.6 is 0 Å². The summed E-state index contributed by atoms with van der Waals surface area (Å²) in [4.78, 5) is 13.1. The average Bonchev–Trinajstić information content (AvgIpc) is 3.20. The molecule has 2 aliphatic carbocycles. The minimum Gasteiger partial charge on any atom is -0.497 e. The lowest BCUT2D eigenvalue weighted by Crippen LogP contribution is -2.57. The van der Waals surface area contributed by atoms with E-state index in [2.05, 4.69) is 17.4 Å². The molecule has 0 spiro atoms. The number of methoxy groups -OCH3 is 1. The van der Waals surface area contributed by atoms with E-state index in [1.54, 1.807) is 7.11 Å². The maximum atomic E-state index is 13.1. The van der Waals surface area contributed by atoms with Crippen molar-refractivity contribution in [2.75, 3.05) is 13.7 Å². The Labute approximate surface area is 137 Å². The lowest BCUT2D eigenvalue weighted by atomic mass is 9.73. The molecule has 4 nitrogen and oxygen atoms in total. The quantitative estimate of drug-likeness (QED) is 0.929. The molecule has 4 heteroatoms. The van der Waals surface area contributed by atoms with Crippen molar-refractivity contribution in [2.24, 2.45) is 5.92 Å². The fourth-order valence-corrected chi connectivity index (χ4v) is 4.61. The lowest BCUT2D eigenvalue weighted by molar-refractivity contribution is -0.129. The molecule has 124 valence electrons. The number of ether oxygens (including phenoxy) is 2. The highest BCUT2D eigenvalue weighted by Crippen LogP contribution is 2.44. The van der Waals surface area contributed by atoms with E-state index in [0.717, 1.165) is 56.4 Å². The van der Waals surface area contributed by atoms with Gasteiger partial charge in [-0.05, 0) is 43.4 Å². The van der Waals surface area contributed by atoms with E-state index in [-0.39, 0.29) is 11.3 Å². The van der Waals surface area contributed by atoms with Crippen LogP contribution in [0.1, 0.15) is 44.1 Å². The zero-order chi connectivity index (χ0) is 15.9. The Morgan fingerprint density at radius 2 is 2.00 bits per heavy atom. The fraction of sp³-hybridized carbons (Fsp3) is 0.632. The number of fused-ring (bicyclic) bond motifs is 1. The first-order valence-corrected chi connectivity index (χ1v) is 8.80. The zero-order valence-electron chi connectivity index (χ0n) is 13.7. The van der Waals surface area contributed by atoms with Gasteiger partial charge in [0.2, 0.25) is 5.91 Å². The van der Waals surface area contributed by atoms with Gasteiger partial charge in [-0.3, -0.25) is 4.79 Å². The number of hydrogen-bond donors (Lipinski definition) is 1. The van der Waals surface area contributed by atoms with Crippen LogP contribution < -0.4 is 10.1 Å². The van der Waals surface area contributed by atoms with Crippen LogP contribution in [0.5, 0.6) is 5.75 Å². The summed E-state index contributed by atoms with van der Waals surface area (Å²) >= 11 is 0. The fourth-order valence-electron chi connectivity index (χ4n) is 4.61. The third-order valence-electron chi connectivity index (χ3n) is 6.11. The Bertz CT molecular complexity index is 577. The molecule has 1 aromatic carbocycles. The number of benzene rings is 1. The summed E-state index contributed by atoms with van der Waals surface area (Å²) < 4.78 is 10.9. The van der Waals surface area contributed by atoms with E-state index in [9.17, 15) is 4.79 Å². The molecule has 0 radical (unpaired) electrons. The molecule has 4 rings (SSSR count). The SMILES string of the molecule is COc1ccc(C2(C(=O)N[C@@H]3C[C@@H]4OCC[C@@H]43)CCCC2)cc1. The molecule has 1 aromatic rings. The lowest BCUT2D eigenvalue weighted by Gasteiger charge is -2.41. The summed E-state index contributed by atoms with van der Waals surface area (Å²) in [6.45, 7) is 0.853. The molecule has 3 aliphatic rings. The number of carbonyl (C=O) groups is 1. The van der Waals surface area contributed by atoms with Crippen LogP contribution in [0.3, 0.4) is 0 Å². The molecule has 1 heterocycles. The Morgan fingerprint density at radius 1 is 1.26 bits per heavy atom. The Balaban J connectivity index is 1.53. The summed E-state index contributed by atoms with van der Waals surface area (Å²) in [5, 5.41) is 3.35. The molecule has 23 heavy (non-hydrogen) atoms. The molecule has 2 saturated carbocycles. The zero-order valence-corrected chi connectivity index (χ0v) is 13.7. The highest BCUT2D eigenvalue weighted by molar-refractivity contribution is 5.89.